The molecule has 0 bridgehead atoms. The standard InChI is InChI=1S/C30H23FN2O4/c1-16(34)27-26(20-10-5-6-11-22(20)31)30(28(36)18-8-3-4-9-19(18)29(30)37)25-15-14-21-23(32-17(2)35)12-7-13-24(21)33(25)27/h3-15,25-27H,1-2H3,(H,32,35)/t25-,26+,27+/m0/s1. The Hall–Kier alpha value is -4.39. The molecule has 1 amide bonds. The molecule has 1 saturated heterocycles. The Balaban J connectivity index is 1.67. The minimum absolute atomic E-state index is 0.152. The summed E-state index contributed by atoms with van der Waals surface area (Å²) in [4.78, 5) is 55.7. The molecule has 6 nitrogen and oxygen atoms in total. The number of halogens is 1. The molecule has 0 radical (unpaired) electrons. The number of carbonyl (C=O) groups excluding carboxylic acids is 4. The van der Waals surface area contributed by atoms with Gasteiger partial charge in [-0.15, -0.1) is 0 Å². The zero-order valence-electron chi connectivity index (χ0n) is 20.2. The van der Waals surface area contributed by atoms with E-state index in [0.717, 1.165) is 0 Å². The minimum atomic E-state index is -1.74. The van der Waals surface area contributed by atoms with E-state index in [1.54, 1.807) is 77.7 Å². The van der Waals surface area contributed by atoms with Gasteiger partial charge >= 0.3 is 0 Å². The Bertz CT molecular complexity index is 1520. The van der Waals surface area contributed by atoms with E-state index in [0.29, 0.717) is 16.9 Å². The number of hydrogen-bond donors (Lipinski definition) is 1. The van der Waals surface area contributed by atoms with Crippen LogP contribution in [0, 0.1) is 11.2 Å². The van der Waals surface area contributed by atoms with Crippen LogP contribution in [-0.4, -0.2) is 35.3 Å². The van der Waals surface area contributed by atoms with Crippen LogP contribution in [0.1, 0.15) is 51.6 Å². The minimum Gasteiger partial charge on any atom is -0.352 e. The van der Waals surface area contributed by atoms with Crippen molar-refractivity contribution in [3.05, 3.63) is 101 Å². The summed E-state index contributed by atoms with van der Waals surface area (Å²) in [5.41, 5.74) is 0.764. The Morgan fingerprint density at radius 1 is 0.892 bits per heavy atom. The van der Waals surface area contributed by atoms with Crippen molar-refractivity contribution in [3.8, 4) is 0 Å². The average Bonchev–Trinajstić information content (AvgIpc) is 3.31. The van der Waals surface area contributed by atoms with Gasteiger partial charge in [0.2, 0.25) is 5.91 Å². The van der Waals surface area contributed by atoms with Gasteiger partial charge in [-0.1, -0.05) is 60.7 Å². The molecular weight excluding hydrogens is 471 g/mol. The fourth-order valence-corrected chi connectivity index (χ4v) is 6.52. The molecule has 1 aliphatic carbocycles. The molecule has 3 aromatic carbocycles. The number of fused-ring (bicyclic) bond motifs is 5. The number of anilines is 2. The Morgan fingerprint density at radius 3 is 2.16 bits per heavy atom. The molecule has 3 aliphatic rings. The zero-order valence-corrected chi connectivity index (χ0v) is 20.2. The smallest absolute Gasteiger partial charge is 0.221 e. The van der Waals surface area contributed by atoms with E-state index in [1.807, 2.05) is 0 Å². The topological polar surface area (TPSA) is 83.6 Å². The van der Waals surface area contributed by atoms with Gasteiger partial charge in [0, 0.05) is 35.2 Å². The van der Waals surface area contributed by atoms with E-state index >= 15 is 4.39 Å². The first-order chi connectivity index (χ1) is 17.8. The van der Waals surface area contributed by atoms with Crippen molar-refractivity contribution in [2.24, 2.45) is 5.41 Å². The van der Waals surface area contributed by atoms with Gasteiger partial charge in [0.15, 0.2) is 17.3 Å². The fraction of sp³-hybridized carbons (Fsp3) is 0.200. The molecule has 37 heavy (non-hydrogen) atoms. The van der Waals surface area contributed by atoms with Gasteiger partial charge in [0.1, 0.15) is 11.2 Å². The van der Waals surface area contributed by atoms with Crippen LogP contribution >= 0.6 is 0 Å². The summed E-state index contributed by atoms with van der Waals surface area (Å²) < 4.78 is 15.5. The van der Waals surface area contributed by atoms with Crippen LogP contribution < -0.4 is 10.2 Å². The van der Waals surface area contributed by atoms with Crippen molar-refractivity contribution < 1.29 is 23.6 Å². The number of nitrogens with zero attached hydrogens (tertiary/aromatic N) is 1. The van der Waals surface area contributed by atoms with Crippen molar-refractivity contribution in [1.29, 1.82) is 0 Å². The van der Waals surface area contributed by atoms with Crippen LogP contribution in [0.25, 0.3) is 6.08 Å². The summed E-state index contributed by atoms with van der Waals surface area (Å²) in [5, 5.41) is 2.81. The van der Waals surface area contributed by atoms with Crippen LogP contribution in [0.2, 0.25) is 0 Å². The number of amides is 1. The number of ketones is 3. The molecule has 6 rings (SSSR count). The van der Waals surface area contributed by atoms with E-state index in [9.17, 15) is 19.2 Å². The lowest BCUT2D eigenvalue weighted by molar-refractivity contribution is -0.118. The summed E-state index contributed by atoms with van der Waals surface area (Å²) >= 11 is 0. The average molecular weight is 495 g/mol. The Labute approximate surface area is 212 Å². The normalized spacial score (nSPS) is 22.6. The summed E-state index contributed by atoms with van der Waals surface area (Å²) in [7, 11) is 0. The number of carbonyl (C=O) groups is 4. The summed E-state index contributed by atoms with van der Waals surface area (Å²) in [6, 6.07) is 16.1. The van der Waals surface area contributed by atoms with Crippen LogP contribution in [0.15, 0.2) is 72.8 Å². The molecule has 184 valence electrons. The van der Waals surface area contributed by atoms with E-state index in [2.05, 4.69) is 5.32 Å². The Kier molecular flexibility index (Phi) is 5.02. The third kappa shape index (κ3) is 2.97. The van der Waals surface area contributed by atoms with Gasteiger partial charge in [-0.2, -0.15) is 0 Å². The highest BCUT2D eigenvalue weighted by Crippen LogP contribution is 2.61. The number of benzene rings is 3. The quantitative estimate of drug-likeness (QED) is 0.529. The lowest BCUT2D eigenvalue weighted by Crippen LogP contribution is -2.48. The van der Waals surface area contributed by atoms with Gasteiger partial charge in [-0.25, -0.2) is 4.39 Å². The second kappa shape index (κ2) is 8.06. The summed E-state index contributed by atoms with van der Waals surface area (Å²) in [6.45, 7) is 2.81. The van der Waals surface area contributed by atoms with Crippen LogP contribution in [-0.2, 0) is 9.59 Å². The molecule has 0 unspecified atom stereocenters. The van der Waals surface area contributed by atoms with E-state index in [-0.39, 0.29) is 28.4 Å². The highest BCUT2D eigenvalue weighted by atomic mass is 19.1. The first-order valence-corrected chi connectivity index (χ1v) is 12.1. The number of rotatable bonds is 3. The highest BCUT2D eigenvalue weighted by molar-refractivity contribution is 6.32. The van der Waals surface area contributed by atoms with E-state index in [1.165, 1.54) is 19.9 Å². The van der Waals surface area contributed by atoms with Crippen molar-refractivity contribution >= 4 is 40.7 Å². The lowest BCUT2D eigenvalue weighted by atomic mass is 9.64. The van der Waals surface area contributed by atoms with Gasteiger partial charge < -0.3 is 10.2 Å². The number of hydrogen-bond acceptors (Lipinski definition) is 5. The maximum Gasteiger partial charge on any atom is 0.221 e. The van der Waals surface area contributed by atoms with Crippen LogP contribution in [0.5, 0.6) is 0 Å². The maximum atomic E-state index is 15.5. The third-order valence-corrected chi connectivity index (χ3v) is 7.81. The van der Waals surface area contributed by atoms with Crippen LogP contribution in [0.3, 0.4) is 0 Å². The molecule has 1 spiro atoms. The molecule has 1 fully saturated rings. The monoisotopic (exact) mass is 494 g/mol. The predicted molar refractivity (Wildman–Crippen MR) is 137 cm³/mol. The van der Waals surface area contributed by atoms with Gasteiger partial charge in [-0.3, -0.25) is 19.2 Å². The largest absolute Gasteiger partial charge is 0.352 e. The Morgan fingerprint density at radius 2 is 1.54 bits per heavy atom. The SMILES string of the molecule is CC(=O)Nc1cccc2c1C=C[C@@H]1N2[C@H](C(C)=O)[C@@H](c2ccccc2F)C12C(=O)c1ccccc1C2=O. The molecule has 3 aromatic rings. The van der Waals surface area contributed by atoms with Gasteiger partial charge in [-0.05, 0) is 30.7 Å². The molecular formula is C30H23FN2O4. The second-order valence-electron chi connectivity index (χ2n) is 9.76. The first-order valence-electron chi connectivity index (χ1n) is 12.1. The molecule has 1 N–H and O–H groups in total. The van der Waals surface area contributed by atoms with E-state index < -0.39 is 40.8 Å². The highest BCUT2D eigenvalue weighted by Gasteiger charge is 2.71. The first kappa shape index (κ1) is 23.0. The molecule has 0 saturated carbocycles. The predicted octanol–water partition coefficient (Wildman–Crippen LogP) is 4.81. The third-order valence-electron chi connectivity index (χ3n) is 7.81. The molecule has 2 heterocycles. The molecule has 7 heteroatoms. The molecule has 3 atom stereocenters. The molecule has 2 aliphatic heterocycles. The zero-order chi connectivity index (χ0) is 26.1. The second-order valence-corrected chi connectivity index (χ2v) is 9.76. The molecule has 0 aromatic heterocycles. The number of nitrogens with one attached hydrogen (secondary N) is 1. The lowest BCUT2D eigenvalue weighted by Gasteiger charge is -2.37. The van der Waals surface area contributed by atoms with Crippen molar-refractivity contribution in [2.75, 3.05) is 10.2 Å². The summed E-state index contributed by atoms with van der Waals surface area (Å²) in [5.74, 6) is -3.02. The van der Waals surface area contributed by atoms with Crippen molar-refractivity contribution in [2.45, 2.75) is 31.8 Å². The van der Waals surface area contributed by atoms with E-state index in [4.69, 9.17) is 0 Å². The van der Waals surface area contributed by atoms with Crippen LogP contribution in [0.4, 0.5) is 15.8 Å². The van der Waals surface area contributed by atoms with Crippen molar-refractivity contribution in [1.82, 2.24) is 0 Å². The summed E-state index contributed by atoms with van der Waals surface area (Å²) in [6.07, 6.45) is 3.51. The maximum absolute atomic E-state index is 15.5. The number of Topliss-reactive ketones (excluding diaryl/α,β-unsaturated/α-hetero) is 3. The van der Waals surface area contributed by atoms with Gasteiger partial charge in [0.25, 0.3) is 0 Å². The van der Waals surface area contributed by atoms with Crippen molar-refractivity contribution in [3.63, 3.8) is 0 Å². The fourth-order valence-electron chi connectivity index (χ4n) is 6.52. The van der Waals surface area contributed by atoms with Gasteiger partial charge in [0.05, 0.1) is 17.8 Å².